The maximum absolute atomic E-state index is 12.7. The Labute approximate surface area is 194 Å². The number of piperidine rings is 1. The number of rotatable bonds is 4. The molecule has 7 nitrogen and oxygen atoms in total. The van der Waals surface area contributed by atoms with Crippen molar-refractivity contribution in [1.82, 2.24) is 15.1 Å². The molecular weight excluding hydrogens is 428 g/mol. The molecule has 3 heterocycles. The number of fused-ring (bicyclic) bond motifs is 2. The van der Waals surface area contributed by atoms with E-state index in [0.717, 1.165) is 42.8 Å². The summed E-state index contributed by atoms with van der Waals surface area (Å²) in [6.07, 6.45) is 3.67. The average Bonchev–Trinajstić information content (AvgIpc) is 3.02. The van der Waals surface area contributed by atoms with E-state index < -0.39 is 5.60 Å². The van der Waals surface area contributed by atoms with Crippen molar-refractivity contribution in [2.45, 2.75) is 70.2 Å². The van der Waals surface area contributed by atoms with E-state index in [1.54, 1.807) is 13.2 Å². The minimum absolute atomic E-state index is 0.188. The molecule has 1 aromatic heterocycles. The number of amides is 1. The Morgan fingerprint density at radius 1 is 1.12 bits per heavy atom. The van der Waals surface area contributed by atoms with E-state index in [2.05, 4.69) is 22.1 Å². The fourth-order valence-electron chi connectivity index (χ4n) is 4.80. The van der Waals surface area contributed by atoms with E-state index in [-0.39, 0.29) is 18.2 Å². The molecule has 3 atom stereocenters. The number of nitrogens with zero attached hydrogens (tertiary/aromatic N) is 4. The van der Waals surface area contributed by atoms with Gasteiger partial charge in [-0.2, -0.15) is 0 Å². The molecular formula is C24H31ClN4O3. The number of benzene rings is 1. The monoisotopic (exact) mass is 458 g/mol. The number of ether oxygens (including phenoxy) is 2. The van der Waals surface area contributed by atoms with Gasteiger partial charge in [0.1, 0.15) is 11.4 Å². The van der Waals surface area contributed by atoms with Gasteiger partial charge in [-0.3, -0.25) is 0 Å². The average molecular weight is 459 g/mol. The third-order valence-electron chi connectivity index (χ3n) is 6.31. The van der Waals surface area contributed by atoms with Crippen LogP contribution in [0.15, 0.2) is 30.3 Å². The lowest BCUT2D eigenvalue weighted by atomic mass is 9.96. The number of aromatic nitrogens is 2. The molecule has 2 unspecified atom stereocenters. The second-order valence-electron chi connectivity index (χ2n) is 9.63. The zero-order valence-corrected chi connectivity index (χ0v) is 20.1. The second kappa shape index (κ2) is 8.77. The predicted octanol–water partition coefficient (Wildman–Crippen LogP) is 5.17. The molecule has 2 aliphatic heterocycles. The molecule has 1 aromatic carbocycles. The van der Waals surface area contributed by atoms with Crippen molar-refractivity contribution in [2.24, 2.45) is 0 Å². The van der Waals surface area contributed by atoms with Gasteiger partial charge in [-0.1, -0.05) is 11.6 Å². The Balaban J connectivity index is 1.46. The zero-order chi connectivity index (χ0) is 23.0. The molecule has 2 saturated heterocycles. The normalized spacial score (nSPS) is 22.6. The maximum atomic E-state index is 12.7. The number of halogens is 1. The Bertz CT molecular complexity index is 962. The molecule has 32 heavy (non-hydrogen) atoms. The number of anilines is 1. The first-order chi connectivity index (χ1) is 15.2. The summed E-state index contributed by atoms with van der Waals surface area (Å²) in [6, 6.07) is 10.1. The van der Waals surface area contributed by atoms with Crippen molar-refractivity contribution >= 4 is 23.5 Å². The van der Waals surface area contributed by atoms with Gasteiger partial charge in [-0.25, -0.2) is 4.79 Å². The van der Waals surface area contributed by atoms with Crippen LogP contribution in [-0.4, -0.2) is 59.1 Å². The molecule has 1 amide bonds. The summed E-state index contributed by atoms with van der Waals surface area (Å²) in [4.78, 5) is 16.9. The topological polar surface area (TPSA) is 67.8 Å². The number of carbonyl (C=O) groups is 1. The molecule has 172 valence electrons. The lowest BCUT2D eigenvalue weighted by Crippen LogP contribution is -2.53. The number of hydrogen-bond donors (Lipinski definition) is 0. The number of hydrogen-bond acceptors (Lipinski definition) is 6. The van der Waals surface area contributed by atoms with Gasteiger partial charge in [0.2, 0.25) is 0 Å². The molecule has 8 heteroatoms. The molecule has 2 bridgehead atoms. The molecule has 2 aliphatic rings. The zero-order valence-electron chi connectivity index (χ0n) is 19.3. The van der Waals surface area contributed by atoms with E-state index in [1.807, 2.05) is 49.9 Å². The van der Waals surface area contributed by atoms with E-state index in [0.29, 0.717) is 16.8 Å². The summed E-state index contributed by atoms with van der Waals surface area (Å²) in [5, 5.41) is 9.54. The highest BCUT2D eigenvalue weighted by Crippen LogP contribution is 2.39. The smallest absolute Gasteiger partial charge is 0.410 e. The maximum Gasteiger partial charge on any atom is 0.410 e. The Morgan fingerprint density at radius 3 is 2.38 bits per heavy atom. The van der Waals surface area contributed by atoms with Crippen LogP contribution in [0.1, 0.15) is 46.5 Å². The van der Waals surface area contributed by atoms with Crippen molar-refractivity contribution in [3.63, 3.8) is 0 Å². The summed E-state index contributed by atoms with van der Waals surface area (Å²) >= 11 is 6.07. The van der Waals surface area contributed by atoms with E-state index in [4.69, 9.17) is 21.1 Å². The first-order valence-corrected chi connectivity index (χ1v) is 11.5. The van der Waals surface area contributed by atoms with Gasteiger partial charge in [0.25, 0.3) is 0 Å². The van der Waals surface area contributed by atoms with Crippen LogP contribution in [0.3, 0.4) is 0 Å². The van der Waals surface area contributed by atoms with Crippen molar-refractivity contribution in [1.29, 1.82) is 0 Å². The molecule has 0 aliphatic carbocycles. The van der Waals surface area contributed by atoms with E-state index in [9.17, 15) is 4.79 Å². The molecule has 2 fully saturated rings. The van der Waals surface area contributed by atoms with Crippen LogP contribution in [-0.2, 0) is 4.74 Å². The molecule has 0 radical (unpaired) electrons. The Kier molecular flexibility index (Phi) is 6.21. The standard InChI is InChI=1S/C24H31ClN4O3/c1-24(2,3)32-23(30)29-16-7-8-17(29)14-18(13-16)28(4)22-11-10-20(26-27-22)19-9-6-15(25)12-21(19)31-5/h6,9-12,16-18H,7-8,13-14H2,1-5H3/t16-,17?,18?/m1/s1. The fourth-order valence-corrected chi connectivity index (χ4v) is 4.96. The minimum atomic E-state index is -0.478. The predicted molar refractivity (Wildman–Crippen MR) is 125 cm³/mol. The lowest BCUT2D eigenvalue weighted by Gasteiger charge is -2.42. The molecule has 4 rings (SSSR count). The Morgan fingerprint density at radius 2 is 1.81 bits per heavy atom. The second-order valence-corrected chi connectivity index (χ2v) is 10.1. The Hall–Kier alpha value is -2.54. The van der Waals surface area contributed by atoms with Crippen LogP contribution >= 0.6 is 11.6 Å². The summed E-state index contributed by atoms with van der Waals surface area (Å²) in [7, 11) is 3.67. The first kappa shape index (κ1) is 22.6. The van der Waals surface area contributed by atoms with Gasteiger partial charge >= 0.3 is 6.09 Å². The quantitative estimate of drug-likeness (QED) is 0.629. The summed E-state index contributed by atoms with van der Waals surface area (Å²) in [6.45, 7) is 5.74. The van der Waals surface area contributed by atoms with Gasteiger partial charge in [-0.15, -0.1) is 10.2 Å². The fraction of sp³-hybridized carbons (Fsp3) is 0.542. The van der Waals surface area contributed by atoms with Crippen molar-refractivity contribution in [3.8, 4) is 17.0 Å². The highest BCUT2D eigenvalue weighted by atomic mass is 35.5. The van der Waals surface area contributed by atoms with Gasteiger partial charge in [0, 0.05) is 35.8 Å². The molecule has 0 N–H and O–H groups in total. The molecule has 2 aromatic rings. The molecule has 0 spiro atoms. The highest BCUT2D eigenvalue weighted by molar-refractivity contribution is 6.30. The van der Waals surface area contributed by atoms with Crippen LogP contribution in [0.2, 0.25) is 5.02 Å². The summed E-state index contributed by atoms with van der Waals surface area (Å²) in [5.74, 6) is 1.48. The van der Waals surface area contributed by atoms with Crippen molar-refractivity contribution in [3.05, 3.63) is 35.4 Å². The molecule has 0 saturated carbocycles. The van der Waals surface area contributed by atoms with Crippen LogP contribution in [0.25, 0.3) is 11.3 Å². The summed E-state index contributed by atoms with van der Waals surface area (Å²) < 4.78 is 11.1. The third-order valence-corrected chi connectivity index (χ3v) is 6.55. The van der Waals surface area contributed by atoms with Gasteiger partial charge in [0.15, 0.2) is 5.82 Å². The summed E-state index contributed by atoms with van der Waals surface area (Å²) in [5.41, 5.74) is 1.10. The lowest BCUT2D eigenvalue weighted by molar-refractivity contribution is 0.00597. The van der Waals surface area contributed by atoms with Crippen LogP contribution in [0.5, 0.6) is 5.75 Å². The van der Waals surface area contributed by atoms with Crippen molar-refractivity contribution < 1.29 is 14.3 Å². The van der Waals surface area contributed by atoms with Crippen LogP contribution in [0, 0.1) is 0 Å². The third kappa shape index (κ3) is 4.63. The van der Waals surface area contributed by atoms with E-state index >= 15 is 0 Å². The van der Waals surface area contributed by atoms with Gasteiger partial charge < -0.3 is 19.3 Å². The van der Waals surface area contributed by atoms with Crippen LogP contribution in [0.4, 0.5) is 10.6 Å². The van der Waals surface area contributed by atoms with E-state index in [1.165, 1.54) is 0 Å². The first-order valence-electron chi connectivity index (χ1n) is 11.1. The largest absolute Gasteiger partial charge is 0.496 e. The number of carbonyl (C=O) groups excluding carboxylic acids is 1. The van der Waals surface area contributed by atoms with Crippen molar-refractivity contribution in [2.75, 3.05) is 19.1 Å². The number of methoxy groups -OCH3 is 1. The SMILES string of the molecule is COc1cc(Cl)ccc1-c1ccc(N(C)C2CC3CC[C@H](C2)N3C(=O)OC(C)(C)C)nn1. The minimum Gasteiger partial charge on any atom is -0.496 e. The van der Waals surface area contributed by atoms with Crippen LogP contribution < -0.4 is 9.64 Å². The van der Waals surface area contributed by atoms with Gasteiger partial charge in [-0.05, 0) is 76.8 Å². The highest BCUT2D eigenvalue weighted by Gasteiger charge is 2.45. The van der Waals surface area contributed by atoms with Gasteiger partial charge in [0.05, 0.1) is 12.8 Å².